The Kier molecular flexibility index (Phi) is 21.0. The number of ether oxygens (including phenoxy) is 3. The number of nitrogens with zero attached hydrogens (tertiary/aromatic N) is 7. The molecule has 4 heterocycles. The van der Waals surface area contributed by atoms with Crippen molar-refractivity contribution in [3.8, 4) is 5.75 Å². The third-order valence-corrected chi connectivity index (χ3v) is 13.7. The number of imide groups is 1. The van der Waals surface area contributed by atoms with Crippen LogP contribution in [0.2, 0.25) is 0 Å². The van der Waals surface area contributed by atoms with Gasteiger partial charge < -0.3 is 56.2 Å². The van der Waals surface area contributed by atoms with Gasteiger partial charge in [-0.1, -0.05) is 34.9 Å². The Hall–Kier alpha value is -7.97. The number of thioether (sulfide) groups is 1. The molecule has 0 spiro atoms. The number of rotatable bonds is 31. The standard InChI is InChI=1S/C49H60N14O12S/c50-60-57-35-10-6-32(7-11-35)46(68)52-19-21-72-23-25-74-26-24-73-22-20-62-29-36(58-61-62)28-38(53-42(65)4-2-1-3-41-45-39(30-76-41)54-49(71)55-45)47(69)51-18-17-31-5-14-40(64)37(27-31)59-56-34-12-8-33(9-13-34)48(70)75-63-43(66)15-16-44(63)67/h5-14,27,29,38-39,41,45,56,59,64H,1-4,15-26,28,30H2,(H,51,69)(H,52,68)(H,53,65)(H2,54,55,71)/t38?,39-,41?,45-/m0/s1. The van der Waals surface area contributed by atoms with E-state index < -0.39 is 29.7 Å². The Balaban J connectivity index is 0.819. The maximum absolute atomic E-state index is 13.7. The van der Waals surface area contributed by atoms with Crippen LogP contribution < -0.4 is 37.4 Å². The van der Waals surface area contributed by atoms with Crippen LogP contribution in [0.5, 0.6) is 5.75 Å². The van der Waals surface area contributed by atoms with Crippen molar-refractivity contribution in [2.45, 2.75) is 81.3 Å². The molecule has 7 amide bonds. The van der Waals surface area contributed by atoms with Gasteiger partial charge >= 0.3 is 12.0 Å². The van der Waals surface area contributed by atoms with Crippen LogP contribution in [0.1, 0.15) is 70.5 Å². The van der Waals surface area contributed by atoms with Crippen molar-refractivity contribution in [1.82, 2.24) is 46.6 Å². The average Bonchev–Trinajstić information content (AvgIpc) is 4.20. The lowest BCUT2D eigenvalue weighted by molar-refractivity contribution is -0.172. The Morgan fingerprint density at radius 2 is 1.58 bits per heavy atom. The van der Waals surface area contributed by atoms with Gasteiger partial charge in [-0.25, -0.2) is 14.3 Å². The summed E-state index contributed by atoms with van der Waals surface area (Å²) in [7, 11) is 0. The minimum atomic E-state index is -0.963. The normalized spacial score (nSPS) is 17.0. The maximum Gasteiger partial charge on any atom is 0.363 e. The summed E-state index contributed by atoms with van der Waals surface area (Å²) in [6.45, 7) is 2.80. The first-order chi connectivity index (χ1) is 36.9. The number of carbonyl (C=O) groups is 7. The zero-order valence-electron chi connectivity index (χ0n) is 41.4. The van der Waals surface area contributed by atoms with Crippen molar-refractivity contribution < 1.29 is 57.7 Å². The third-order valence-electron chi connectivity index (χ3n) is 12.2. The molecule has 0 bridgehead atoms. The van der Waals surface area contributed by atoms with Crippen LogP contribution in [0.25, 0.3) is 10.4 Å². The number of hydrazine groups is 1. The van der Waals surface area contributed by atoms with Crippen molar-refractivity contribution in [1.29, 1.82) is 0 Å². The molecule has 3 aliphatic heterocycles. The third kappa shape index (κ3) is 17.0. The summed E-state index contributed by atoms with van der Waals surface area (Å²) in [6.07, 6.45) is 4.52. The lowest BCUT2D eigenvalue weighted by Gasteiger charge is -2.19. The summed E-state index contributed by atoms with van der Waals surface area (Å²) in [5, 5.41) is 37.8. The monoisotopic (exact) mass is 1070 g/mol. The molecular formula is C49H60N14O12S. The van der Waals surface area contributed by atoms with Gasteiger partial charge in [-0.05, 0) is 78.9 Å². The molecule has 0 radical (unpaired) electrons. The smallest absolute Gasteiger partial charge is 0.363 e. The zero-order valence-corrected chi connectivity index (χ0v) is 42.3. The van der Waals surface area contributed by atoms with Crippen LogP contribution in [-0.2, 0) is 57.6 Å². The molecule has 0 saturated carbocycles. The molecule has 3 aliphatic rings. The Labute approximate surface area is 440 Å². The number of urea groups is 1. The lowest BCUT2D eigenvalue weighted by Crippen LogP contribution is -2.48. The van der Waals surface area contributed by atoms with Gasteiger partial charge in [0.05, 0.1) is 80.9 Å². The van der Waals surface area contributed by atoms with E-state index in [1.165, 1.54) is 18.2 Å². The molecule has 27 heteroatoms. The topological polar surface area (TPSA) is 344 Å². The van der Waals surface area contributed by atoms with Gasteiger partial charge in [0.25, 0.3) is 17.7 Å². The van der Waals surface area contributed by atoms with E-state index in [1.807, 2.05) is 11.8 Å². The summed E-state index contributed by atoms with van der Waals surface area (Å²) >= 11 is 1.81. The van der Waals surface area contributed by atoms with E-state index in [0.29, 0.717) is 99.0 Å². The SMILES string of the molecule is [N-]=[N+]=Nc1ccc(C(=O)NCCOCCOCCOCCn2cc(CC(NC(=O)CCCCC3SC[C@@H]4NC(=O)N[C@H]34)C(=O)NCCc3ccc(O)c(NNc4ccc(C(=O)ON5C(=O)CCC5=O)cc4)c3)nn2)cc1. The fraction of sp³-hybridized carbons (Fsp3) is 0.449. The number of phenols is 1. The molecule has 7 rings (SSSR count). The quantitative estimate of drug-likeness (QED) is 0.00524. The highest BCUT2D eigenvalue weighted by atomic mass is 32.2. The Bertz CT molecular complexity index is 2690. The van der Waals surface area contributed by atoms with Crippen molar-refractivity contribution >= 4 is 70.4 Å². The maximum atomic E-state index is 13.7. The number of hydrogen-bond donors (Lipinski definition) is 8. The fourth-order valence-electron chi connectivity index (χ4n) is 8.18. The number of benzene rings is 3. The number of fused-ring (bicyclic) bond motifs is 1. The van der Waals surface area contributed by atoms with Crippen LogP contribution in [0.4, 0.5) is 21.9 Å². The number of aromatic nitrogens is 3. The van der Waals surface area contributed by atoms with Crippen molar-refractivity contribution in [2.75, 3.05) is 69.3 Å². The van der Waals surface area contributed by atoms with Crippen molar-refractivity contribution in [3.05, 3.63) is 106 Å². The number of nitrogens with one attached hydrogen (secondary N) is 7. The van der Waals surface area contributed by atoms with E-state index in [2.05, 4.69) is 57.8 Å². The lowest BCUT2D eigenvalue weighted by atomic mass is 10.0. The van der Waals surface area contributed by atoms with E-state index >= 15 is 0 Å². The van der Waals surface area contributed by atoms with Crippen molar-refractivity contribution in [3.63, 3.8) is 0 Å². The molecule has 4 atom stereocenters. The van der Waals surface area contributed by atoms with Gasteiger partial charge in [-0.3, -0.25) is 29.4 Å². The van der Waals surface area contributed by atoms with Crippen molar-refractivity contribution in [2.24, 2.45) is 5.11 Å². The van der Waals surface area contributed by atoms with Gasteiger partial charge in [-0.2, -0.15) is 11.8 Å². The van der Waals surface area contributed by atoms with Crippen LogP contribution in [-0.4, -0.2) is 149 Å². The molecule has 8 N–H and O–H groups in total. The molecule has 1 aromatic heterocycles. The highest BCUT2D eigenvalue weighted by molar-refractivity contribution is 8.00. The van der Waals surface area contributed by atoms with E-state index in [0.717, 1.165) is 24.2 Å². The number of phenolic OH excluding ortho intramolecular Hbond substituents is 1. The molecule has 3 saturated heterocycles. The van der Waals surface area contributed by atoms with Gasteiger partial charge in [0, 0.05) is 72.1 Å². The molecule has 3 fully saturated rings. The predicted octanol–water partition coefficient (Wildman–Crippen LogP) is 3.18. The summed E-state index contributed by atoms with van der Waals surface area (Å²) in [5.74, 6) is -2.21. The molecule has 26 nitrogen and oxygen atoms in total. The van der Waals surface area contributed by atoms with Crippen LogP contribution in [0.3, 0.4) is 0 Å². The van der Waals surface area contributed by atoms with Crippen LogP contribution in [0.15, 0.2) is 78.0 Å². The Morgan fingerprint density at radius 3 is 2.33 bits per heavy atom. The van der Waals surface area contributed by atoms with Crippen LogP contribution in [0, 0.1) is 0 Å². The molecule has 2 unspecified atom stereocenters. The molecule has 404 valence electrons. The Morgan fingerprint density at radius 1 is 0.855 bits per heavy atom. The van der Waals surface area contributed by atoms with E-state index in [-0.39, 0.29) is 78.7 Å². The first kappa shape index (κ1) is 55.8. The largest absolute Gasteiger partial charge is 0.506 e. The number of carbonyl (C=O) groups excluding carboxylic acids is 7. The number of aromatic hydroxyl groups is 1. The molecule has 4 aromatic rings. The minimum Gasteiger partial charge on any atom is -0.506 e. The van der Waals surface area contributed by atoms with Crippen LogP contribution >= 0.6 is 11.8 Å². The minimum absolute atomic E-state index is 0.0175. The molecule has 3 aromatic carbocycles. The number of amides is 7. The highest BCUT2D eigenvalue weighted by Crippen LogP contribution is 2.33. The summed E-state index contributed by atoms with van der Waals surface area (Å²) in [6, 6.07) is 16.3. The second-order valence-electron chi connectivity index (χ2n) is 17.7. The summed E-state index contributed by atoms with van der Waals surface area (Å²) in [5.41, 5.74) is 17.4. The second kappa shape index (κ2) is 28.6. The van der Waals surface area contributed by atoms with Gasteiger partial charge in [0.2, 0.25) is 11.8 Å². The fourth-order valence-corrected chi connectivity index (χ4v) is 9.73. The van der Waals surface area contributed by atoms with Gasteiger partial charge in [-0.15, -0.1) is 10.2 Å². The molecule has 76 heavy (non-hydrogen) atoms. The van der Waals surface area contributed by atoms with E-state index in [4.69, 9.17) is 24.6 Å². The van der Waals surface area contributed by atoms with E-state index in [9.17, 15) is 38.7 Å². The first-order valence-corrected chi connectivity index (χ1v) is 25.8. The summed E-state index contributed by atoms with van der Waals surface area (Å²) < 4.78 is 18.4. The average molecular weight is 1070 g/mol. The number of azide groups is 1. The molecular weight excluding hydrogens is 1010 g/mol. The number of unbranched alkanes of at least 4 members (excludes halogenated alkanes) is 1. The number of hydrogen-bond acceptors (Lipinski definition) is 18. The highest BCUT2D eigenvalue weighted by Gasteiger charge is 2.42. The number of anilines is 2. The predicted molar refractivity (Wildman–Crippen MR) is 275 cm³/mol. The van der Waals surface area contributed by atoms with Gasteiger partial charge in [0.15, 0.2) is 0 Å². The number of hydroxylamine groups is 2. The second-order valence-corrected chi connectivity index (χ2v) is 18.9. The summed E-state index contributed by atoms with van der Waals surface area (Å²) in [4.78, 5) is 94.9. The molecule has 0 aliphatic carbocycles. The van der Waals surface area contributed by atoms with E-state index in [1.54, 1.807) is 59.4 Å². The van der Waals surface area contributed by atoms with Gasteiger partial charge in [0.1, 0.15) is 11.8 Å². The zero-order chi connectivity index (χ0) is 53.7. The first-order valence-electron chi connectivity index (χ1n) is 24.8.